The standard InChI is InChI=1S/C10H11Cl2NO2/c1-15-10-7(9(14)2-3-13)4-6(11)5-8(10)12/h4-5H,2-3,13H2,1H3. The van der Waals surface area contributed by atoms with Gasteiger partial charge in [0.25, 0.3) is 0 Å². The Bertz CT molecular complexity index is 380. The molecule has 0 spiro atoms. The van der Waals surface area contributed by atoms with Gasteiger partial charge in [0.2, 0.25) is 0 Å². The lowest BCUT2D eigenvalue weighted by atomic mass is 10.1. The molecule has 0 radical (unpaired) electrons. The molecule has 0 bridgehead atoms. The number of Topliss-reactive ketones (excluding diaryl/α,β-unsaturated/α-hetero) is 1. The number of methoxy groups -OCH3 is 1. The van der Waals surface area contributed by atoms with Crippen LogP contribution < -0.4 is 10.5 Å². The fourth-order valence-electron chi connectivity index (χ4n) is 1.24. The molecule has 0 saturated heterocycles. The minimum absolute atomic E-state index is 0.126. The van der Waals surface area contributed by atoms with Crippen molar-refractivity contribution in [3.8, 4) is 5.75 Å². The largest absolute Gasteiger partial charge is 0.494 e. The fourth-order valence-corrected chi connectivity index (χ4v) is 1.81. The maximum Gasteiger partial charge on any atom is 0.167 e. The van der Waals surface area contributed by atoms with Crippen LogP contribution in [0.5, 0.6) is 5.75 Å². The number of carbonyl (C=O) groups excluding carboxylic acids is 1. The molecule has 1 aromatic rings. The lowest BCUT2D eigenvalue weighted by molar-refractivity contribution is 0.0982. The van der Waals surface area contributed by atoms with Gasteiger partial charge in [-0.05, 0) is 18.7 Å². The normalized spacial score (nSPS) is 10.1. The third kappa shape index (κ3) is 2.84. The summed E-state index contributed by atoms with van der Waals surface area (Å²) in [6, 6.07) is 3.06. The summed E-state index contributed by atoms with van der Waals surface area (Å²) in [5, 5.41) is 0.728. The lowest BCUT2D eigenvalue weighted by Gasteiger charge is -2.09. The molecule has 0 aliphatic carbocycles. The van der Waals surface area contributed by atoms with Crippen LogP contribution in [0.3, 0.4) is 0 Å². The summed E-state index contributed by atoms with van der Waals surface area (Å²) < 4.78 is 5.05. The van der Waals surface area contributed by atoms with Crippen LogP contribution in [-0.2, 0) is 0 Å². The number of benzene rings is 1. The summed E-state index contributed by atoms with van der Waals surface area (Å²) in [4.78, 5) is 11.7. The van der Waals surface area contributed by atoms with E-state index in [0.29, 0.717) is 21.4 Å². The Morgan fingerprint density at radius 3 is 2.67 bits per heavy atom. The van der Waals surface area contributed by atoms with Gasteiger partial charge in [-0.2, -0.15) is 0 Å². The SMILES string of the molecule is COc1c(Cl)cc(Cl)cc1C(=O)CCN. The molecule has 3 nitrogen and oxygen atoms in total. The molecule has 1 rings (SSSR count). The van der Waals surface area contributed by atoms with Crippen LogP contribution >= 0.6 is 23.2 Å². The van der Waals surface area contributed by atoms with E-state index in [1.807, 2.05) is 0 Å². The van der Waals surface area contributed by atoms with Crippen molar-refractivity contribution in [1.82, 2.24) is 0 Å². The Labute approximate surface area is 98.1 Å². The average molecular weight is 248 g/mol. The number of carbonyl (C=O) groups is 1. The zero-order valence-corrected chi connectivity index (χ0v) is 9.73. The molecule has 82 valence electrons. The minimum atomic E-state index is -0.126. The lowest BCUT2D eigenvalue weighted by Crippen LogP contribution is -2.09. The predicted octanol–water partition coefficient (Wildman–Crippen LogP) is 2.53. The Morgan fingerprint density at radius 2 is 2.13 bits per heavy atom. The molecule has 0 aliphatic heterocycles. The summed E-state index contributed by atoms with van der Waals surface area (Å²) in [7, 11) is 1.45. The van der Waals surface area contributed by atoms with Gasteiger partial charge in [-0.15, -0.1) is 0 Å². The predicted molar refractivity (Wildman–Crippen MR) is 61.0 cm³/mol. The maximum absolute atomic E-state index is 11.7. The molecule has 5 heteroatoms. The van der Waals surface area contributed by atoms with Gasteiger partial charge >= 0.3 is 0 Å². The van der Waals surface area contributed by atoms with Crippen LogP contribution in [-0.4, -0.2) is 19.4 Å². The van der Waals surface area contributed by atoms with Gasteiger partial charge in [-0.1, -0.05) is 23.2 Å². The monoisotopic (exact) mass is 247 g/mol. The van der Waals surface area contributed by atoms with Crippen molar-refractivity contribution < 1.29 is 9.53 Å². The number of hydrogen-bond donors (Lipinski definition) is 1. The third-order valence-corrected chi connectivity index (χ3v) is 2.38. The fraction of sp³-hybridized carbons (Fsp3) is 0.300. The van der Waals surface area contributed by atoms with E-state index < -0.39 is 0 Å². The molecule has 0 amide bonds. The van der Waals surface area contributed by atoms with Crippen molar-refractivity contribution in [2.75, 3.05) is 13.7 Å². The highest BCUT2D eigenvalue weighted by Gasteiger charge is 2.15. The Kier molecular flexibility index (Phi) is 4.39. The summed E-state index contributed by atoms with van der Waals surface area (Å²) in [6.07, 6.45) is 0.243. The first-order valence-electron chi connectivity index (χ1n) is 4.36. The second kappa shape index (κ2) is 5.35. The molecule has 2 N–H and O–H groups in total. The number of rotatable bonds is 4. The van der Waals surface area contributed by atoms with E-state index in [0.717, 1.165) is 0 Å². The van der Waals surface area contributed by atoms with Crippen LogP contribution in [0.2, 0.25) is 10.0 Å². The molecule has 0 saturated carbocycles. The number of hydrogen-bond acceptors (Lipinski definition) is 3. The topological polar surface area (TPSA) is 52.3 Å². The van der Waals surface area contributed by atoms with E-state index in [1.165, 1.54) is 19.2 Å². The molecule has 0 heterocycles. The second-order valence-electron chi connectivity index (χ2n) is 2.93. The highest BCUT2D eigenvalue weighted by Crippen LogP contribution is 2.32. The van der Waals surface area contributed by atoms with Gasteiger partial charge in [0.1, 0.15) is 5.75 Å². The van der Waals surface area contributed by atoms with Crippen molar-refractivity contribution in [1.29, 1.82) is 0 Å². The van der Waals surface area contributed by atoms with Crippen LogP contribution in [0.4, 0.5) is 0 Å². The first kappa shape index (κ1) is 12.3. The molecule has 0 fully saturated rings. The van der Waals surface area contributed by atoms with E-state index in [4.69, 9.17) is 33.7 Å². The number of halogens is 2. The van der Waals surface area contributed by atoms with Crippen molar-refractivity contribution in [3.05, 3.63) is 27.7 Å². The number of ether oxygens (including phenoxy) is 1. The Hall–Kier alpha value is -0.770. The van der Waals surface area contributed by atoms with Crippen LogP contribution in [0.25, 0.3) is 0 Å². The molecular formula is C10H11Cl2NO2. The molecule has 0 atom stereocenters. The first-order chi connectivity index (χ1) is 7.10. The highest BCUT2D eigenvalue weighted by molar-refractivity contribution is 6.36. The van der Waals surface area contributed by atoms with Crippen LogP contribution in [0.15, 0.2) is 12.1 Å². The van der Waals surface area contributed by atoms with Crippen molar-refractivity contribution >= 4 is 29.0 Å². The summed E-state index contributed by atoms with van der Waals surface area (Å²) in [5.74, 6) is 0.221. The number of nitrogens with two attached hydrogens (primary N) is 1. The Balaban J connectivity index is 3.20. The quantitative estimate of drug-likeness (QED) is 0.833. The second-order valence-corrected chi connectivity index (χ2v) is 3.77. The number of ketones is 1. The third-order valence-electron chi connectivity index (χ3n) is 1.88. The molecular weight excluding hydrogens is 237 g/mol. The van der Waals surface area contributed by atoms with Gasteiger partial charge in [0.15, 0.2) is 5.78 Å². The van der Waals surface area contributed by atoms with Gasteiger partial charge in [0, 0.05) is 11.4 Å². The van der Waals surface area contributed by atoms with Gasteiger partial charge < -0.3 is 10.5 Å². The van der Waals surface area contributed by atoms with Gasteiger partial charge in [-0.25, -0.2) is 0 Å². The van der Waals surface area contributed by atoms with E-state index in [1.54, 1.807) is 0 Å². The van der Waals surface area contributed by atoms with Crippen molar-refractivity contribution in [3.63, 3.8) is 0 Å². The summed E-state index contributed by atoms with van der Waals surface area (Å²) in [5.41, 5.74) is 5.68. The molecule has 0 aromatic heterocycles. The summed E-state index contributed by atoms with van der Waals surface area (Å²) in [6.45, 7) is 0.284. The maximum atomic E-state index is 11.7. The Morgan fingerprint density at radius 1 is 1.47 bits per heavy atom. The molecule has 0 aliphatic rings. The van der Waals surface area contributed by atoms with E-state index in [9.17, 15) is 4.79 Å². The highest BCUT2D eigenvalue weighted by atomic mass is 35.5. The van der Waals surface area contributed by atoms with Crippen molar-refractivity contribution in [2.24, 2.45) is 5.73 Å². The van der Waals surface area contributed by atoms with E-state index in [2.05, 4.69) is 0 Å². The minimum Gasteiger partial charge on any atom is -0.494 e. The van der Waals surface area contributed by atoms with Gasteiger partial charge in [0.05, 0.1) is 17.7 Å². The zero-order chi connectivity index (χ0) is 11.4. The van der Waals surface area contributed by atoms with E-state index >= 15 is 0 Å². The van der Waals surface area contributed by atoms with E-state index in [-0.39, 0.29) is 18.7 Å². The van der Waals surface area contributed by atoms with Gasteiger partial charge in [-0.3, -0.25) is 4.79 Å². The smallest absolute Gasteiger partial charge is 0.167 e. The molecule has 0 unspecified atom stereocenters. The molecule has 1 aromatic carbocycles. The first-order valence-corrected chi connectivity index (χ1v) is 5.12. The average Bonchev–Trinajstić information content (AvgIpc) is 2.17. The van der Waals surface area contributed by atoms with Crippen molar-refractivity contribution in [2.45, 2.75) is 6.42 Å². The summed E-state index contributed by atoms with van der Waals surface area (Å²) >= 11 is 11.7. The molecule has 15 heavy (non-hydrogen) atoms. The van der Waals surface area contributed by atoms with Crippen LogP contribution in [0, 0.1) is 0 Å². The zero-order valence-electron chi connectivity index (χ0n) is 8.22. The van der Waals surface area contributed by atoms with Crippen LogP contribution in [0.1, 0.15) is 16.8 Å².